The molecule has 212 valence electrons. The largest absolute Gasteiger partial charge is 0.508 e. The first kappa shape index (κ1) is 30.0. The molecule has 1 saturated carbocycles. The van der Waals surface area contributed by atoms with Crippen molar-refractivity contribution in [1.29, 1.82) is 0 Å². The number of phenols is 1. The Labute approximate surface area is 232 Å². The number of hydrogen-bond donors (Lipinski definition) is 3. The molecule has 2 aromatic carbocycles. The van der Waals surface area contributed by atoms with Crippen molar-refractivity contribution < 1.29 is 24.2 Å². The number of nitrogens with one attached hydrogen (secondary N) is 2. The number of carbonyl (C=O) groups is 3. The van der Waals surface area contributed by atoms with Gasteiger partial charge in [0.15, 0.2) is 0 Å². The molecule has 1 aliphatic carbocycles. The molecule has 3 amide bonds. The Kier molecular flexibility index (Phi) is 8.98. The normalized spacial score (nSPS) is 18.5. The van der Waals surface area contributed by atoms with Gasteiger partial charge in [0.05, 0.1) is 0 Å². The standard InChI is InChI=1S/C31H43N3O5/c1-19-9-13-22(14-10-19)26(27(36)33-30(3,4)5)34(25-17-20(25)2)28(37)24(32-29(38)39-31(6,7)8)18-21-11-15-23(35)16-12-21/h9-16,20,24-26,35H,17-18H2,1-8H3,(H,32,38)(H,33,36). The summed E-state index contributed by atoms with van der Waals surface area (Å²) in [6.45, 7) is 15.0. The maximum absolute atomic E-state index is 14.4. The van der Waals surface area contributed by atoms with Crippen LogP contribution in [-0.4, -0.2) is 51.1 Å². The van der Waals surface area contributed by atoms with E-state index in [4.69, 9.17) is 4.74 Å². The molecule has 3 rings (SSSR count). The van der Waals surface area contributed by atoms with Crippen LogP contribution in [0.4, 0.5) is 4.79 Å². The minimum atomic E-state index is -0.993. The molecule has 0 saturated heterocycles. The zero-order valence-electron chi connectivity index (χ0n) is 24.4. The average molecular weight is 538 g/mol. The number of hydrogen-bond acceptors (Lipinski definition) is 5. The molecule has 8 nitrogen and oxygen atoms in total. The highest BCUT2D eigenvalue weighted by molar-refractivity contribution is 5.93. The second kappa shape index (κ2) is 11.7. The lowest BCUT2D eigenvalue weighted by atomic mass is 9.98. The summed E-state index contributed by atoms with van der Waals surface area (Å²) in [5.41, 5.74) is 1.23. The van der Waals surface area contributed by atoms with Crippen LogP contribution in [0.2, 0.25) is 0 Å². The number of ether oxygens (including phenoxy) is 1. The molecule has 1 aliphatic rings. The summed E-state index contributed by atoms with van der Waals surface area (Å²) in [6.07, 6.45) is 0.210. The van der Waals surface area contributed by atoms with E-state index in [0.29, 0.717) is 5.56 Å². The van der Waals surface area contributed by atoms with Gasteiger partial charge in [0.1, 0.15) is 23.4 Å². The van der Waals surface area contributed by atoms with Crippen LogP contribution in [0, 0.1) is 12.8 Å². The quantitative estimate of drug-likeness (QED) is 0.438. The van der Waals surface area contributed by atoms with E-state index in [1.165, 1.54) is 12.1 Å². The molecule has 0 spiro atoms. The Bertz CT molecular complexity index is 1160. The second-order valence-corrected chi connectivity index (χ2v) is 12.6. The summed E-state index contributed by atoms with van der Waals surface area (Å²) in [6, 6.07) is 12.1. The van der Waals surface area contributed by atoms with Gasteiger partial charge in [0.25, 0.3) is 0 Å². The van der Waals surface area contributed by atoms with Crippen LogP contribution >= 0.6 is 0 Å². The van der Waals surface area contributed by atoms with E-state index >= 15 is 0 Å². The minimum Gasteiger partial charge on any atom is -0.508 e. The molecular weight excluding hydrogens is 494 g/mol. The summed E-state index contributed by atoms with van der Waals surface area (Å²) in [5.74, 6) is -0.328. The molecule has 1 fully saturated rings. The molecule has 3 N–H and O–H groups in total. The Morgan fingerprint density at radius 1 is 1.00 bits per heavy atom. The van der Waals surface area contributed by atoms with Crippen molar-refractivity contribution >= 4 is 17.9 Å². The fraction of sp³-hybridized carbons (Fsp3) is 0.516. The van der Waals surface area contributed by atoms with Gasteiger partial charge >= 0.3 is 6.09 Å². The topological polar surface area (TPSA) is 108 Å². The van der Waals surface area contributed by atoms with E-state index in [0.717, 1.165) is 17.5 Å². The second-order valence-electron chi connectivity index (χ2n) is 12.6. The van der Waals surface area contributed by atoms with Gasteiger partial charge in [-0.15, -0.1) is 0 Å². The summed E-state index contributed by atoms with van der Waals surface area (Å²) in [5, 5.41) is 15.6. The van der Waals surface area contributed by atoms with Crippen molar-refractivity contribution in [3.8, 4) is 5.75 Å². The van der Waals surface area contributed by atoms with Crippen LogP contribution < -0.4 is 10.6 Å². The Morgan fingerprint density at radius 3 is 2.05 bits per heavy atom. The first-order chi connectivity index (χ1) is 18.0. The molecule has 39 heavy (non-hydrogen) atoms. The van der Waals surface area contributed by atoms with Crippen molar-refractivity contribution in [1.82, 2.24) is 15.5 Å². The molecule has 0 heterocycles. The molecule has 0 bridgehead atoms. The summed E-state index contributed by atoms with van der Waals surface area (Å²) in [7, 11) is 0. The van der Waals surface area contributed by atoms with Gasteiger partial charge < -0.3 is 25.4 Å². The Hall–Kier alpha value is -3.55. The smallest absolute Gasteiger partial charge is 0.408 e. The zero-order valence-corrected chi connectivity index (χ0v) is 24.4. The lowest BCUT2D eigenvalue weighted by Crippen LogP contribution is -2.56. The van der Waals surface area contributed by atoms with Crippen molar-refractivity contribution in [3.05, 3.63) is 65.2 Å². The molecule has 4 unspecified atom stereocenters. The van der Waals surface area contributed by atoms with Crippen LogP contribution in [0.3, 0.4) is 0 Å². The highest BCUT2D eigenvalue weighted by atomic mass is 16.6. The van der Waals surface area contributed by atoms with Crippen molar-refractivity contribution in [3.63, 3.8) is 0 Å². The first-order valence-corrected chi connectivity index (χ1v) is 13.5. The van der Waals surface area contributed by atoms with Crippen molar-refractivity contribution in [2.24, 2.45) is 5.92 Å². The molecular formula is C31H43N3O5. The van der Waals surface area contributed by atoms with Gasteiger partial charge in [0, 0.05) is 18.0 Å². The number of amides is 3. The number of aromatic hydroxyl groups is 1. The summed E-state index contributed by atoms with van der Waals surface area (Å²) in [4.78, 5) is 42.8. The van der Waals surface area contributed by atoms with Gasteiger partial charge in [-0.2, -0.15) is 0 Å². The van der Waals surface area contributed by atoms with Crippen LogP contribution in [-0.2, 0) is 20.7 Å². The Balaban J connectivity index is 2.05. The molecule has 0 aromatic heterocycles. The molecule has 0 aliphatic heterocycles. The third-order valence-electron chi connectivity index (χ3n) is 6.46. The van der Waals surface area contributed by atoms with Crippen LogP contribution in [0.25, 0.3) is 0 Å². The summed E-state index contributed by atoms with van der Waals surface area (Å²) < 4.78 is 5.48. The third kappa shape index (κ3) is 8.73. The van der Waals surface area contributed by atoms with Crippen LogP contribution in [0.1, 0.15) is 77.6 Å². The lowest BCUT2D eigenvalue weighted by Gasteiger charge is -2.36. The monoisotopic (exact) mass is 537 g/mol. The number of rotatable bonds is 8. The predicted molar refractivity (Wildman–Crippen MR) is 151 cm³/mol. The van der Waals surface area contributed by atoms with Gasteiger partial charge in [-0.25, -0.2) is 4.79 Å². The van der Waals surface area contributed by atoms with E-state index in [1.807, 2.05) is 52.0 Å². The maximum atomic E-state index is 14.4. The SMILES string of the molecule is Cc1ccc(C(C(=O)NC(C)(C)C)N(C(=O)C(Cc2ccc(O)cc2)NC(=O)OC(C)(C)C)C2CC2C)cc1. The van der Waals surface area contributed by atoms with E-state index in [1.54, 1.807) is 37.8 Å². The van der Waals surface area contributed by atoms with Gasteiger partial charge in [0.2, 0.25) is 11.8 Å². The molecule has 4 atom stereocenters. The molecule has 8 heteroatoms. The summed E-state index contributed by atoms with van der Waals surface area (Å²) >= 11 is 0. The van der Waals surface area contributed by atoms with Crippen LogP contribution in [0.15, 0.2) is 48.5 Å². The number of aryl methyl sites for hydroxylation is 1. The van der Waals surface area contributed by atoms with Gasteiger partial charge in [-0.05, 0) is 84.1 Å². The van der Waals surface area contributed by atoms with Gasteiger partial charge in [-0.1, -0.05) is 48.9 Å². The number of benzene rings is 2. The van der Waals surface area contributed by atoms with Crippen LogP contribution in [0.5, 0.6) is 5.75 Å². The fourth-order valence-corrected chi connectivity index (χ4v) is 4.49. The highest BCUT2D eigenvalue weighted by Crippen LogP contribution is 2.41. The Morgan fingerprint density at radius 2 is 1.56 bits per heavy atom. The number of nitrogens with zero attached hydrogens (tertiary/aromatic N) is 1. The van der Waals surface area contributed by atoms with Crippen molar-refractivity contribution in [2.75, 3.05) is 0 Å². The third-order valence-corrected chi connectivity index (χ3v) is 6.46. The minimum absolute atomic E-state index is 0.105. The zero-order chi connectivity index (χ0) is 29.1. The molecule has 2 aromatic rings. The van der Waals surface area contributed by atoms with Gasteiger partial charge in [-0.3, -0.25) is 9.59 Å². The maximum Gasteiger partial charge on any atom is 0.408 e. The van der Waals surface area contributed by atoms with E-state index in [9.17, 15) is 19.5 Å². The molecule has 0 radical (unpaired) electrons. The fourth-order valence-electron chi connectivity index (χ4n) is 4.49. The van der Waals surface area contributed by atoms with E-state index < -0.39 is 29.3 Å². The number of alkyl carbamates (subject to hydrolysis) is 1. The number of carbonyl (C=O) groups excluding carboxylic acids is 3. The average Bonchev–Trinajstić information content (AvgIpc) is 3.52. The predicted octanol–water partition coefficient (Wildman–Crippen LogP) is 5.03. The van der Waals surface area contributed by atoms with Crippen molar-refractivity contribution in [2.45, 2.75) is 97.5 Å². The number of phenolic OH excluding ortho intramolecular Hbond substituents is 1. The van der Waals surface area contributed by atoms with E-state index in [2.05, 4.69) is 17.6 Å². The highest BCUT2D eigenvalue weighted by Gasteiger charge is 2.48. The lowest BCUT2D eigenvalue weighted by molar-refractivity contribution is -0.144. The van der Waals surface area contributed by atoms with E-state index in [-0.39, 0.29) is 35.9 Å². The first-order valence-electron chi connectivity index (χ1n) is 13.5.